The molecule has 0 bridgehead atoms. The maximum atomic E-state index is 11.6. The quantitative estimate of drug-likeness (QED) is 0.800. The third kappa shape index (κ3) is 4.21. The molecule has 1 aromatic carbocycles. The van der Waals surface area contributed by atoms with E-state index >= 15 is 0 Å². The molecule has 0 spiro atoms. The largest absolute Gasteiger partial charge is 0.362 e. The Balaban J connectivity index is 2.16. The fourth-order valence-electron chi connectivity index (χ4n) is 2.14. The summed E-state index contributed by atoms with van der Waals surface area (Å²) < 4.78 is 1.04. The molecule has 110 valence electrons. The fourth-order valence-corrected chi connectivity index (χ4v) is 2.49. The SMILES string of the molecule is CCN(CC(=O)NC)c1cc(Br)ccc1CNC1CC1. The van der Waals surface area contributed by atoms with E-state index in [9.17, 15) is 4.79 Å². The van der Waals surface area contributed by atoms with E-state index in [0.717, 1.165) is 23.2 Å². The number of likely N-dealkylation sites (N-methyl/N-ethyl adjacent to an activating group) is 2. The molecule has 0 saturated heterocycles. The average molecular weight is 340 g/mol. The maximum Gasteiger partial charge on any atom is 0.239 e. The van der Waals surface area contributed by atoms with Gasteiger partial charge in [-0.3, -0.25) is 4.79 Å². The second kappa shape index (κ2) is 7.09. The predicted octanol–water partition coefficient (Wildman–Crippen LogP) is 2.27. The highest BCUT2D eigenvalue weighted by molar-refractivity contribution is 9.10. The monoisotopic (exact) mass is 339 g/mol. The first-order chi connectivity index (χ1) is 9.63. The maximum absolute atomic E-state index is 11.6. The summed E-state index contributed by atoms with van der Waals surface area (Å²) in [4.78, 5) is 13.8. The molecule has 1 saturated carbocycles. The molecule has 1 amide bonds. The Labute approximate surface area is 129 Å². The fraction of sp³-hybridized carbons (Fsp3) is 0.533. The van der Waals surface area contributed by atoms with Crippen LogP contribution in [0.25, 0.3) is 0 Å². The Morgan fingerprint density at radius 1 is 1.45 bits per heavy atom. The van der Waals surface area contributed by atoms with Gasteiger partial charge < -0.3 is 15.5 Å². The zero-order valence-electron chi connectivity index (χ0n) is 12.1. The van der Waals surface area contributed by atoms with E-state index in [4.69, 9.17) is 0 Å². The van der Waals surface area contributed by atoms with Gasteiger partial charge in [-0.2, -0.15) is 0 Å². The van der Waals surface area contributed by atoms with Crippen molar-refractivity contribution in [1.82, 2.24) is 10.6 Å². The van der Waals surface area contributed by atoms with Crippen LogP contribution in [-0.2, 0) is 11.3 Å². The lowest BCUT2D eigenvalue weighted by Gasteiger charge is -2.25. The van der Waals surface area contributed by atoms with Crippen molar-refractivity contribution in [2.24, 2.45) is 0 Å². The van der Waals surface area contributed by atoms with Gasteiger partial charge in [0.1, 0.15) is 0 Å². The van der Waals surface area contributed by atoms with Crippen LogP contribution in [0.15, 0.2) is 22.7 Å². The molecule has 2 N–H and O–H groups in total. The lowest BCUT2D eigenvalue weighted by atomic mass is 10.1. The molecule has 1 aromatic rings. The topological polar surface area (TPSA) is 44.4 Å². The lowest BCUT2D eigenvalue weighted by Crippen LogP contribution is -2.36. The molecule has 0 atom stereocenters. The van der Waals surface area contributed by atoms with E-state index < -0.39 is 0 Å². The van der Waals surface area contributed by atoms with Gasteiger partial charge in [-0.05, 0) is 37.5 Å². The number of anilines is 1. The molecule has 1 aliphatic carbocycles. The molecule has 4 nitrogen and oxygen atoms in total. The summed E-state index contributed by atoms with van der Waals surface area (Å²) in [5.41, 5.74) is 2.37. The average Bonchev–Trinajstić information content (AvgIpc) is 3.27. The normalized spacial score (nSPS) is 14.2. The molecule has 5 heteroatoms. The van der Waals surface area contributed by atoms with Gasteiger partial charge in [-0.1, -0.05) is 22.0 Å². The van der Waals surface area contributed by atoms with Crippen molar-refractivity contribution >= 4 is 27.5 Å². The van der Waals surface area contributed by atoms with Crippen LogP contribution in [0.2, 0.25) is 0 Å². The van der Waals surface area contributed by atoms with E-state index in [1.165, 1.54) is 18.4 Å². The van der Waals surface area contributed by atoms with Gasteiger partial charge in [0.25, 0.3) is 0 Å². The Morgan fingerprint density at radius 3 is 2.80 bits per heavy atom. The van der Waals surface area contributed by atoms with Crippen LogP contribution in [0.4, 0.5) is 5.69 Å². The van der Waals surface area contributed by atoms with Gasteiger partial charge in [0.05, 0.1) is 6.54 Å². The molecule has 0 heterocycles. The van der Waals surface area contributed by atoms with Gasteiger partial charge in [0.2, 0.25) is 5.91 Å². The summed E-state index contributed by atoms with van der Waals surface area (Å²) in [7, 11) is 1.67. The van der Waals surface area contributed by atoms with Crippen LogP contribution in [0, 0.1) is 0 Å². The van der Waals surface area contributed by atoms with Crippen molar-refractivity contribution in [3.63, 3.8) is 0 Å². The standard InChI is InChI=1S/C15H22BrN3O/c1-3-19(10-15(20)17-2)14-8-12(16)5-4-11(14)9-18-13-6-7-13/h4-5,8,13,18H,3,6-7,9-10H2,1-2H3,(H,17,20). The van der Waals surface area contributed by atoms with Gasteiger partial charge >= 0.3 is 0 Å². The van der Waals surface area contributed by atoms with E-state index in [1.54, 1.807) is 7.05 Å². The molecule has 0 aliphatic heterocycles. The minimum atomic E-state index is 0.0351. The van der Waals surface area contributed by atoms with Gasteiger partial charge in [0, 0.05) is 36.3 Å². The van der Waals surface area contributed by atoms with E-state index in [-0.39, 0.29) is 5.91 Å². The smallest absolute Gasteiger partial charge is 0.239 e. The first kappa shape index (κ1) is 15.3. The summed E-state index contributed by atoms with van der Waals surface area (Å²) in [5.74, 6) is 0.0351. The molecule has 2 rings (SSSR count). The molecule has 0 unspecified atom stereocenters. The molecular weight excluding hydrogens is 318 g/mol. The number of carbonyl (C=O) groups is 1. The number of carbonyl (C=O) groups excluding carboxylic acids is 1. The van der Waals surface area contributed by atoms with Crippen molar-refractivity contribution in [3.8, 4) is 0 Å². The summed E-state index contributed by atoms with van der Waals surface area (Å²) >= 11 is 3.52. The highest BCUT2D eigenvalue weighted by Gasteiger charge is 2.21. The molecular formula is C15H22BrN3O. The highest BCUT2D eigenvalue weighted by Crippen LogP contribution is 2.27. The second-order valence-electron chi connectivity index (χ2n) is 5.12. The van der Waals surface area contributed by atoms with Crippen molar-refractivity contribution in [1.29, 1.82) is 0 Å². The molecule has 1 aliphatic rings. The molecule has 0 radical (unpaired) electrons. The number of nitrogens with zero attached hydrogens (tertiary/aromatic N) is 1. The van der Waals surface area contributed by atoms with Crippen molar-refractivity contribution in [2.45, 2.75) is 32.4 Å². The number of rotatable bonds is 7. The minimum absolute atomic E-state index is 0.0351. The summed E-state index contributed by atoms with van der Waals surface area (Å²) in [6.45, 7) is 4.12. The third-order valence-corrected chi connectivity index (χ3v) is 4.03. The number of amides is 1. The van der Waals surface area contributed by atoms with Crippen LogP contribution in [0.5, 0.6) is 0 Å². The van der Waals surface area contributed by atoms with Crippen LogP contribution in [0.1, 0.15) is 25.3 Å². The number of benzene rings is 1. The van der Waals surface area contributed by atoms with Crippen LogP contribution < -0.4 is 15.5 Å². The Hall–Kier alpha value is -1.07. The number of halogens is 1. The summed E-state index contributed by atoms with van der Waals surface area (Å²) in [6.07, 6.45) is 2.56. The Bertz CT molecular complexity index is 474. The summed E-state index contributed by atoms with van der Waals surface area (Å²) in [6, 6.07) is 6.96. The first-order valence-electron chi connectivity index (χ1n) is 7.11. The van der Waals surface area contributed by atoms with E-state index in [0.29, 0.717) is 12.6 Å². The number of nitrogens with one attached hydrogen (secondary N) is 2. The van der Waals surface area contributed by atoms with Gasteiger partial charge in [0.15, 0.2) is 0 Å². The zero-order valence-corrected chi connectivity index (χ0v) is 13.7. The highest BCUT2D eigenvalue weighted by atomic mass is 79.9. The van der Waals surface area contributed by atoms with Crippen molar-refractivity contribution < 1.29 is 4.79 Å². The number of hydrogen-bond donors (Lipinski definition) is 2. The van der Waals surface area contributed by atoms with Crippen molar-refractivity contribution in [3.05, 3.63) is 28.2 Å². The van der Waals surface area contributed by atoms with Crippen LogP contribution >= 0.6 is 15.9 Å². The van der Waals surface area contributed by atoms with Crippen molar-refractivity contribution in [2.75, 3.05) is 25.0 Å². The van der Waals surface area contributed by atoms with E-state index in [1.807, 2.05) is 0 Å². The Kier molecular flexibility index (Phi) is 5.43. The van der Waals surface area contributed by atoms with Gasteiger partial charge in [-0.25, -0.2) is 0 Å². The Morgan fingerprint density at radius 2 is 2.20 bits per heavy atom. The van der Waals surface area contributed by atoms with E-state index in [2.05, 4.69) is 56.6 Å². The third-order valence-electron chi connectivity index (χ3n) is 3.54. The van der Waals surface area contributed by atoms with Gasteiger partial charge in [-0.15, -0.1) is 0 Å². The summed E-state index contributed by atoms with van der Waals surface area (Å²) in [5, 5.41) is 6.22. The zero-order chi connectivity index (χ0) is 14.5. The molecule has 0 aromatic heterocycles. The molecule has 1 fully saturated rings. The molecule has 20 heavy (non-hydrogen) atoms. The van der Waals surface area contributed by atoms with Crippen LogP contribution in [-0.4, -0.2) is 32.1 Å². The lowest BCUT2D eigenvalue weighted by molar-refractivity contribution is -0.119. The van der Waals surface area contributed by atoms with Crippen LogP contribution in [0.3, 0.4) is 0 Å². The second-order valence-corrected chi connectivity index (χ2v) is 6.03. The number of hydrogen-bond acceptors (Lipinski definition) is 3. The minimum Gasteiger partial charge on any atom is -0.362 e. The first-order valence-corrected chi connectivity index (χ1v) is 7.90. The predicted molar refractivity (Wildman–Crippen MR) is 86.0 cm³/mol.